The number of aliphatic imine (C=N–C) groups is 1. The average Bonchev–Trinajstić information content (AvgIpc) is 1.72. The van der Waals surface area contributed by atoms with Crippen molar-refractivity contribution in [3.05, 3.63) is 19.7 Å². The second kappa shape index (κ2) is 30.1. The quantitative estimate of drug-likeness (QED) is 0.309. The average molecular weight is 83.1 g/mol. The van der Waals surface area contributed by atoms with E-state index < -0.39 is 0 Å². The SMILES string of the molecule is C=C.C=C=NC. The van der Waals surface area contributed by atoms with Crippen molar-refractivity contribution in [1.29, 1.82) is 0 Å². The normalized spacial score (nSPS) is 3.50. The van der Waals surface area contributed by atoms with Crippen LogP contribution >= 0.6 is 0 Å². The molecule has 0 spiro atoms. The monoisotopic (exact) mass is 83.1 g/mol. The molecule has 0 rings (SSSR count). The van der Waals surface area contributed by atoms with Crippen LogP contribution in [0, 0.1) is 0 Å². The van der Waals surface area contributed by atoms with Gasteiger partial charge in [0.2, 0.25) is 0 Å². The van der Waals surface area contributed by atoms with Crippen molar-refractivity contribution >= 4 is 5.87 Å². The van der Waals surface area contributed by atoms with Crippen LogP contribution in [0.25, 0.3) is 0 Å². The maximum atomic E-state index is 3.38. The van der Waals surface area contributed by atoms with E-state index in [0.29, 0.717) is 0 Å². The fourth-order valence-corrected chi connectivity index (χ4v) is 0. The lowest BCUT2D eigenvalue weighted by molar-refractivity contribution is 1.49. The van der Waals surface area contributed by atoms with Gasteiger partial charge in [-0.2, -0.15) is 0 Å². The highest BCUT2D eigenvalue weighted by atomic mass is 14.6. The Hall–Kier alpha value is -0.810. The summed E-state index contributed by atoms with van der Waals surface area (Å²) in [5, 5.41) is 0. The van der Waals surface area contributed by atoms with Crippen LogP contribution in [0.15, 0.2) is 24.7 Å². The van der Waals surface area contributed by atoms with Crippen LogP contribution in [0.5, 0.6) is 0 Å². The van der Waals surface area contributed by atoms with Gasteiger partial charge in [-0.25, -0.2) is 4.99 Å². The van der Waals surface area contributed by atoms with E-state index in [1.165, 1.54) is 0 Å². The second-order valence-electron chi connectivity index (χ2n) is 0.382. The number of rotatable bonds is 0. The number of hydrogen-bond acceptors (Lipinski definition) is 1. The molecule has 0 saturated carbocycles. The summed E-state index contributed by atoms with van der Waals surface area (Å²) < 4.78 is 0. The molecule has 0 aliphatic heterocycles. The predicted octanol–water partition coefficient (Wildman–Crippen LogP) is 1.27. The van der Waals surface area contributed by atoms with Gasteiger partial charge in [0.15, 0.2) is 0 Å². The van der Waals surface area contributed by atoms with Crippen LogP contribution < -0.4 is 0 Å². The first-order valence-corrected chi connectivity index (χ1v) is 1.52. The Balaban J connectivity index is 0. The van der Waals surface area contributed by atoms with Crippen LogP contribution in [-0.2, 0) is 0 Å². The van der Waals surface area contributed by atoms with Crippen molar-refractivity contribution in [2.75, 3.05) is 7.05 Å². The summed E-state index contributed by atoms with van der Waals surface area (Å²) in [6.45, 7) is 9.19. The van der Waals surface area contributed by atoms with E-state index in [2.05, 4.69) is 30.6 Å². The van der Waals surface area contributed by atoms with Crippen molar-refractivity contribution in [2.24, 2.45) is 4.99 Å². The van der Waals surface area contributed by atoms with Crippen LogP contribution in [0.1, 0.15) is 0 Å². The van der Waals surface area contributed by atoms with Gasteiger partial charge in [-0.15, -0.1) is 13.2 Å². The van der Waals surface area contributed by atoms with Gasteiger partial charge in [-0.05, 0) is 12.4 Å². The molecule has 0 bridgehead atoms. The zero-order valence-corrected chi connectivity index (χ0v) is 4.07. The van der Waals surface area contributed by atoms with Gasteiger partial charge in [-0.1, -0.05) is 0 Å². The van der Waals surface area contributed by atoms with E-state index >= 15 is 0 Å². The van der Waals surface area contributed by atoms with Gasteiger partial charge in [0.1, 0.15) is 0 Å². The zero-order valence-electron chi connectivity index (χ0n) is 4.07. The fraction of sp³-hybridized carbons (Fsp3) is 0.200. The Bertz CT molecular complexity index is 51.0. The molecular formula is C5H9N. The molecule has 0 amide bonds. The summed E-state index contributed by atoms with van der Waals surface area (Å²) in [5.74, 6) is 2.31. The molecule has 0 aromatic carbocycles. The third-order valence-corrected chi connectivity index (χ3v) is 0.158. The van der Waals surface area contributed by atoms with E-state index in [-0.39, 0.29) is 0 Å². The molecule has 1 heteroatoms. The van der Waals surface area contributed by atoms with E-state index in [1.54, 1.807) is 7.05 Å². The largest absolute Gasteiger partial charge is 0.247 e. The molecule has 0 aromatic rings. The molecular weight excluding hydrogens is 74.1 g/mol. The van der Waals surface area contributed by atoms with E-state index in [9.17, 15) is 0 Å². The molecule has 0 aliphatic carbocycles. The van der Waals surface area contributed by atoms with Gasteiger partial charge in [0.05, 0.1) is 0 Å². The minimum Gasteiger partial charge on any atom is -0.247 e. The molecule has 0 unspecified atom stereocenters. The third kappa shape index (κ3) is 424. The third-order valence-electron chi connectivity index (χ3n) is 0.158. The Morgan fingerprint density at radius 1 is 1.50 bits per heavy atom. The summed E-state index contributed by atoms with van der Waals surface area (Å²) >= 11 is 0. The fourth-order valence-electron chi connectivity index (χ4n) is 0. The van der Waals surface area contributed by atoms with Crippen LogP contribution in [-0.4, -0.2) is 12.9 Å². The summed E-state index contributed by atoms with van der Waals surface area (Å²) in [6, 6.07) is 0. The standard InChI is InChI=1S/C3H5N.C2H4/c1-3-4-2;1-2/h1H2,2H3;1-2H2. The minimum atomic E-state index is 1.63. The molecule has 1 nitrogen and oxygen atoms in total. The molecule has 0 fully saturated rings. The first kappa shape index (κ1) is 8.95. The van der Waals surface area contributed by atoms with E-state index in [0.717, 1.165) is 0 Å². The van der Waals surface area contributed by atoms with E-state index in [1.807, 2.05) is 0 Å². The van der Waals surface area contributed by atoms with Gasteiger partial charge in [0, 0.05) is 7.05 Å². The minimum absolute atomic E-state index is 1.63. The summed E-state index contributed by atoms with van der Waals surface area (Å²) in [5.41, 5.74) is 0. The van der Waals surface area contributed by atoms with Gasteiger partial charge >= 0.3 is 0 Å². The Kier molecular flexibility index (Phi) is 44.9. The number of nitrogens with zero attached hydrogens (tertiary/aromatic N) is 1. The molecule has 0 aliphatic rings. The number of hydrogen-bond donors (Lipinski definition) is 0. The maximum absolute atomic E-state index is 3.38. The van der Waals surface area contributed by atoms with Crippen molar-refractivity contribution in [1.82, 2.24) is 0 Å². The van der Waals surface area contributed by atoms with Crippen molar-refractivity contribution in [3.63, 3.8) is 0 Å². The zero-order chi connectivity index (χ0) is 5.41. The molecule has 0 aromatic heterocycles. The van der Waals surface area contributed by atoms with Gasteiger partial charge < -0.3 is 0 Å². The molecule has 0 saturated heterocycles. The summed E-state index contributed by atoms with van der Waals surface area (Å²) in [6.07, 6.45) is 0. The maximum Gasteiger partial charge on any atom is 0.0371 e. The van der Waals surface area contributed by atoms with Crippen LogP contribution in [0.3, 0.4) is 0 Å². The van der Waals surface area contributed by atoms with Crippen molar-refractivity contribution < 1.29 is 0 Å². The highest BCUT2D eigenvalue weighted by Crippen LogP contribution is 1.29. The Labute approximate surface area is 38.7 Å². The van der Waals surface area contributed by atoms with Crippen LogP contribution in [0.4, 0.5) is 0 Å². The van der Waals surface area contributed by atoms with E-state index in [4.69, 9.17) is 0 Å². The molecule has 34 valence electrons. The van der Waals surface area contributed by atoms with Crippen LogP contribution in [0.2, 0.25) is 0 Å². The van der Waals surface area contributed by atoms with Crippen molar-refractivity contribution in [2.45, 2.75) is 0 Å². The molecule has 6 heavy (non-hydrogen) atoms. The summed E-state index contributed by atoms with van der Waals surface area (Å²) in [4.78, 5) is 3.38. The highest BCUT2D eigenvalue weighted by Gasteiger charge is 1.21. The van der Waals surface area contributed by atoms with Gasteiger partial charge in [-0.3, -0.25) is 0 Å². The lowest BCUT2D eigenvalue weighted by Gasteiger charge is -1.42. The lowest BCUT2D eigenvalue weighted by Crippen LogP contribution is -1.35. The Morgan fingerprint density at radius 3 is 1.67 bits per heavy atom. The topological polar surface area (TPSA) is 12.4 Å². The smallest absolute Gasteiger partial charge is 0.0371 e. The second-order valence-corrected chi connectivity index (χ2v) is 0.382. The van der Waals surface area contributed by atoms with Crippen molar-refractivity contribution in [3.8, 4) is 0 Å². The first-order valence-electron chi connectivity index (χ1n) is 1.52. The molecule has 0 N–H and O–H groups in total. The van der Waals surface area contributed by atoms with Gasteiger partial charge in [0.25, 0.3) is 0 Å². The predicted molar refractivity (Wildman–Crippen MR) is 30.2 cm³/mol. The highest BCUT2D eigenvalue weighted by molar-refractivity contribution is 5.45. The Morgan fingerprint density at radius 2 is 1.67 bits per heavy atom. The first-order chi connectivity index (χ1) is 2.91. The molecule has 0 atom stereocenters. The molecule has 0 heterocycles. The summed E-state index contributed by atoms with van der Waals surface area (Å²) in [7, 11) is 1.63. The molecule has 0 radical (unpaired) electrons. The lowest BCUT2D eigenvalue weighted by atomic mass is 11.1.